The standard InChI is InChI=1S/C13H16N2O2S/c1-10-3-4-12(17-2)11(9-10)15-6-5-14-13(15)18-8-7-16/h3-6,9,16H,7-8H2,1-2H3. The van der Waals surface area contributed by atoms with Crippen molar-refractivity contribution in [2.24, 2.45) is 0 Å². The Morgan fingerprint density at radius 2 is 2.28 bits per heavy atom. The van der Waals surface area contributed by atoms with Crippen LogP contribution in [0.4, 0.5) is 0 Å². The summed E-state index contributed by atoms with van der Waals surface area (Å²) in [4.78, 5) is 4.29. The summed E-state index contributed by atoms with van der Waals surface area (Å²) in [7, 11) is 1.66. The maximum Gasteiger partial charge on any atom is 0.172 e. The van der Waals surface area contributed by atoms with E-state index >= 15 is 0 Å². The van der Waals surface area contributed by atoms with Crippen LogP contribution in [0.25, 0.3) is 5.69 Å². The number of aryl methyl sites for hydroxylation is 1. The van der Waals surface area contributed by atoms with Crippen LogP contribution in [0.1, 0.15) is 5.56 Å². The Morgan fingerprint density at radius 1 is 1.44 bits per heavy atom. The van der Waals surface area contributed by atoms with Crippen LogP contribution in [-0.4, -0.2) is 34.1 Å². The highest BCUT2D eigenvalue weighted by Gasteiger charge is 2.10. The molecule has 0 saturated carbocycles. The Morgan fingerprint density at radius 3 is 3.00 bits per heavy atom. The molecule has 1 aromatic heterocycles. The average Bonchev–Trinajstić information content (AvgIpc) is 2.84. The molecule has 0 aliphatic rings. The van der Waals surface area contributed by atoms with Crippen LogP contribution >= 0.6 is 11.8 Å². The Bertz CT molecular complexity index is 525. The monoisotopic (exact) mass is 264 g/mol. The molecule has 2 aromatic rings. The molecule has 0 amide bonds. The molecule has 0 aliphatic carbocycles. The largest absolute Gasteiger partial charge is 0.495 e. The minimum Gasteiger partial charge on any atom is -0.495 e. The molecule has 1 N–H and O–H groups in total. The van der Waals surface area contributed by atoms with Crippen molar-refractivity contribution < 1.29 is 9.84 Å². The first-order valence-corrected chi connectivity index (χ1v) is 6.67. The molecule has 96 valence electrons. The molecule has 0 radical (unpaired) electrons. The lowest BCUT2D eigenvalue weighted by atomic mass is 10.2. The lowest BCUT2D eigenvalue weighted by Crippen LogP contribution is -2.00. The van der Waals surface area contributed by atoms with Gasteiger partial charge in [-0.3, -0.25) is 4.57 Å². The number of benzene rings is 1. The molecule has 0 atom stereocenters. The number of imidazole rings is 1. The highest BCUT2D eigenvalue weighted by atomic mass is 32.2. The van der Waals surface area contributed by atoms with Crippen LogP contribution in [0.2, 0.25) is 0 Å². The summed E-state index contributed by atoms with van der Waals surface area (Å²) < 4.78 is 7.35. The molecule has 18 heavy (non-hydrogen) atoms. The molecular formula is C13H16N2O2S. The van der Waals surface area contributed by atoms with Crippen molar-refractivity contribution in [1.82, 2.24) is 9.55 Å². The first-order chi connectivity index (χ1) is 8.76. The van der Waals surface area contributed by atoms with Crippen molar-refractivity contribution in [3.8, 4) is 11.4 Å². The molecule has 0 aliphatic heterocycles. The molecule has 0 unspecified atom stereocenters. The minimum atomic E-state index is 0.141. The Labute approximate surface area is 111 Å². The average molecular weight is 264 g/mol. The number of aromatic nitrogens is 2. The Hall–Kier alpha value is -1.46. The molecule has 0 bridgehead atoms. The van der Waals surface area contributed by atoms with E-state index in [-0.39, 0.29) is 6.61 Å². The fraction of sp³-hybridized carbons (Fsp3) is 0.308. The zero-order valence-electron chi connectivity index (χ0n) is 10.5. The second kappa shape index (κ2) is 5.93. The topological polar surface area (TPSA) is 47.3 Å². The first-order valence-electron chi connectivity index (χ1n) is 5.68. The van der Waals surface area contributed by atoms with E-state index < -0.39 is 0 Å². The van der Waals surface area contributed by atoms with Gasteiger partial charge in [0.2, 0.25) is 0 Å². The van der Waals surface area contributed by atoms with Crippen molar-refractivity contribution in [2.75, 3.05) is 19.5 Å². The van der Waals surface area contributed by atoms with Crippen LogP contribution in [-0.2, 0) is 0 Å². The third-order valence-electron chi connectivity index (χ3n) is 2.52. The van der Waals surface area contributed by atoms with Crippen molar-refractivity contribution in [3.63, 3.8) is 0 Å². The van der Waals surface area contributed by atoms with E-state index in [9.17, 15) is 0 Å². The molecule has 0 spiro atoms. The van der Waals surface area contributed by atoms with Gasteiger partial charge in [-0.1, -0.05) is 17.8 Å². The number of thioether (sulfide) groups is 1. The number of nitrogens with zero attached hydrogens (tertiary/aromatic N) is 2. The summed E-state index contributed by atoms with van der Waals surface area (Å²) >= 11 is 1.52. The molecule has 2 rings (SSSR count). The van der Waals surface area contributed by atoms with Gasteiger partial charge in [0.25, 0.3) is 0 Å². The third kappa shape index (κ3) is 2.68. The van der Waals surface area contributed by atoms with Gasteiger partial charge in [-0.2, -0.15) is 0 Å². The molecule has 4 nitrogen and oxygen atoms in total. The summed E-state index contributed by atoms with van der Waals surface area (Å²) in [6.45, 7) is 2.18. The summed E-state index contributed by atoms with van der Waals surface area (Å²) in [5.74, 6) is 1.44. The summed E-state index contributed by atoms with van der Waals surface area (Å²) in [5, 5.41) is 9.74. The van der Waals surface area contributed by atoms with Gasteiger partial charge >= 0.3 is 0 Å². The fourth-order valence-electron chi connectivity index (χ4n) is 1.71. The Kier molecular flexibility index (Phi) is 4.28. The summed E-state index contributed by atoms with van der Waals surface area (Å²) in [5.41, 5.74) is 2.13. The maximum atomic E-state index is 8.89. The van der Waals surface area contributed by atoms with E-state index in [1.807, 2.05) is 29.8 Å². The summed E-state index contributed by atoms with van der Waals surface area (Å²) in [6, 6.07) is 6.02. The minimum absolute atomic E-state index is 0.141. The molecule has 0 fully saturated rings. The van der Waals surface area contributed by atoms with Crippen molar-refractivity contribution in [1.29, 1.82) is 0 Å². The van der Waals surface area contributed by atoms with Gasteiger partial charge in [0.1, 0.15) is 5.75 Å². The number of hydrogen-bond acceptors (Lipinski definition) is 4. The normalized spacial score (nSPS) is 10.6. The summed E-state index contributed by atoms with van der Waals surface area (Å²) in [6.07, 6.45) is 3.65. The van der Waals surface area contributed by atoms with Crippen LogP contribution in [0, 0.1) is 6.92 Å². The highest BCUT2D eigenvalue weighted by Crippen LogP contribution is 2.28. The predicted octanol–water partition coefficient (Wildman–Crippen LogP) is 2.27. The van der Waals surface area contributed by atoms with Gasteiger partial charge in [0, 0.05) is 18.1 Å². The third-order valence-corrected chi connectivity index (χ3v) is 3.47. The molecule has 0 saturated heterocycles. The van der Waals surface area contributed by atoms with Gasteiger partial charge < -0.3 is 9.84 Å². The number of aliphatic hydroxyl groups excluding tert-OH is 1. The zero-order valence-corrected chi connectivity index (χ0v) is 11.3. The first kappa shape index (κ1) is 13.0. The van der Waals surface area contributed by atoms with Gasteiger partial charge in [0.05, 0.1) is 19.4 Å². The molecule has 5 heteroatoms. The van der Waals surface area contributed by atoms with E-state index in [0.717, 1.165) is 22.2 Å². The zero-order chi connectivity index (χ0) is 13.0. The quantitative estimate of drug-likeness (QED) is 0.842. The highest BCUT2D eigenvalue weighted by molar-refractivity contribution is 7.99. The van der Waals surface area contributed by atoms with Crippen LogP contribution < -0.4 is 4.74 Å². The van der Waals surface area contributed by atoms with E-state index in [2.05, 4.69) is 11.1 Å². The fourth-order valence-corrected chi connectivity index (χ4v) is 2.41. The predicted molar refractivity (Wildman–Crippen MR) is 72.7 cm³/mol. The van der Waals surface area contributed by atoms with E-state index in [1.165, 1.54) is 11.8 Å². The second-order valence-corrected chi connectivity index (χ2v) is 4.89. The number of hydrogen-bond donors (Lipinski definition) is 1. The van der Waals surface area contributed by atoms with Gasteiger partial charge in [-0.05, 0) is 24.6 Å². The Balaban J connectivity index is 2.41. The molecule has 1 aromatic carbocycles. The smallest absolute Gasteiger partial charge is 0.172 e. The molecule has 1 heterocycles. The SMILES string of the molecule is COc1ccc(C)cc1-n1ccnc1SCCO. The van der Waals surface area contributed by atoms with Gasteiger partial charge in [-0.25, -0.2) is 4.98 Å². The van der Waals surface area contributed by atoms with Crippen LogP contribution in [0.5, 0.6) is 5.75 Å². The van der Waals surface area contributed by atoms with Crippen molar-refractivity contribution in [3.05, 3.63) is 36.2 Å². The maximum absolute atomic E-state index is 8.89. The number of rotatable bonds is 5. The van der Waals surface area contributed by atoms with Crippen molar-refractivity contribution in [2.45, 2.75) is 12.1 Å². The van der Waals surface area contributed by atoms with Crippen LogP contribution in [0.15, 0.2) is 35.7 Å². The lowest BCUT2D eigenvalue weighted by Gasteiger charge is -2.12. The van der Waals surface area contributed by atoms with E-state index in [0.29, 0.717) is 5.75 Å². The number of methoxy groups -OCH3 is 1. The number of ether oxygens (including phenoxy) is 1. The van der Waals surface area contributed by atoms with E-state index in [1.54, 1.807) is 13.3 Å². The van der Waals surface area contributed by atoms with Crippen molar-refractivity contribution >= 4 is 11.8 Å². The molecular weight excluding hydrogens is 248 g/mol. The number of aliphatic hydroxyl groups is 1. The lowest BCUT2D eigenvalue weighted by molar-refractivity contribution is 0.322. The van der Waals surface area contributed by atoms with Gasteiger partial charge in [0.15, 0.2) is 5.16 Å². The van der Waals surface area contributed by atoms with Gasteiger partial charge in [-0.15, -0.1) is 0 Å². The van der Waals surface area contributed by atoms with E-state index in [4.69, 9.17) is 9.84 Å². The van der Waals surface area contributed by atoms with Crippen LogP contribution in [0.3, 0.4) is 0 Å². The second-order valence-electron chi connectivity index (χ2n) is 3.83.